The summed E-state index contributed by atoms with van der Waals surface area (Å²) >= 11 is 6.14. The molecule has 0 aliphatic rings. The molecule has 0 atom stereocenters. The predicted molar refractivity (Wildman–Crippen MR) is 15.8 cm³/mol. The minimum Gasteiger partial charge on any atom is 0 e. The summed E-state index contributed by atoms with van der Waals surface area (Å²) in [6, 6.07) is 0. The van der Waals surface area contributed by atoms with Gasteiger partial charge in [-0.1, -0.05) is 0 Å². The van der Waals surface area contributed by atoms with Crippen LogP contribution >= 0.6 is 0 Å². The second-order valence-corrected chi connectivity index (χ2v) is 1.14. The molecule has 0 bridgehead atoms. The molecular weight excluding hydrogens is 334 g/mol. The summed E-state index contributed by atoms with van der Waals surface area (Å²) in [5.41, 5.74) is 0. The molecule has 0 rings (SSSR count). The molecule has 74 valence electrons. The Hall–Kier alpha value is 0.952. The molecule has 0 radical (unpaired) electrons. The van der Waals surface area contributed by atoms with E-state index in [9.17, 15) is 9.59 Å². The van der Waals surface area contributed by atoms with Crippen molar-refractivity contribution in [2.75, 3.05) is 0 Å². The first-order chi connectivity index (χ1) is 3.72. The molecule has 0 heterocycles. The minimum atomic E-state index is -1.20. The molecule has 0 aromatic rings. The average Bonchev–Trinajstić information content (AvgIpc) is 1.84. The van der Waals surface area contributed by atoms with Crippen molar-refractivity contribution >= 4 is 11.9 Å². The summed E-state index contributed by atoms with van der Waals surface area (Å²) in [5.74, 6) is -2.39. The van der Waals surface area contributed by atoms with E-state index >= 15 is 0 Å². The number of hydrogen-bond donors (Lipinski definition) is 0. The number of hydrogen-bond acceptors (Lipinski definition) is 4. The molecule has 9 heteroatoms. The van der Waals surface area contributed by atoms with Gasteiger partial charge in [-0.3, -0.25) is 0 Å². The molecule has 0 saturated heterocycles. The molecular formula is C2H2Co2Fe2O5. The van der Waals surface area contributed by atoms with Crippen LogP contribution in [0.25, 0.3) is 0 Å². The van der Waals surface area contributed by atoms with E-state index in [1.807, 2.05) is 0 Å². The molecule has 0 spiro atoms. The predicted octanol–water partition coefficient (Wildman–Crippen LogP) is -1.83. The zero-order chi connectivity index (χ0) is 6.57. The van der Waals surface area contributed by atoms with Crippen molar-refractivity contribution < 1.29 is 89.0 Å². The van der Waals surface area contributed by atoms with Gasteiger partial charge in [-0.05, 0) is 0 Å². The average molecular weight is 336 g/mol. The first-order valence-corrected chi connectivity index (χ1v) is 2.19. The number of carbonyl (C=O) groups is 2. The third kappa shape index (κ3) is 11.0. The fourth-order valence-electron chi connectivity index (χ4n) is 0.0556. The van der Waals surface area contributed by atoms with Gasteiger partial charge >= 0.3 is 61.4 Å². The molecule has 0 fully saturated rings. The largest absolute Gasteiger partial charge is 0 e. The molecule has 0 aromatic heterocycles. The topological polar surface area (TPSA) is 84.1 Å². The van der Waals surface area contributed by atoms with Gasteiger partial charge in [0.15, 0.2) is 0 Å². The monoisotopic (exact) mass is 336 g/mol. The van der Waals surface area contributed by atoms with Crippen LogP contribution in [0.2, 0.25) is 0 Å². The van der Waals surface area contributed by atoms with Crippen LogP contribution in [-0.4, -0.2) is 17.4 Å². The Bertz CT molecular complexity index is 105. The number of carbonyl (C=O) groups excluding carboxylic acids is 2. The molecule has 0 amide bonds. The summed E-state index contributed by atoms with van der Waals surface area (Å²) in [6.45, 7) is 0. The van der Waals surface area contributed by atoms with E-state index in [0.717, 1.165) is 0 Å². The normalized spacial score (nSPS) is 5.82. The van der Waals surface area contributed by atoms with Gasteiger partial charge in [0.05, 0.1) is 0 Å². The third-order valence-electron chi connectivity index (χ3n) is 0.290. The fourth-order valence-corrected chi connectivity index (χ4v) is 0.229. The van der Waals surface area contributed by atoms with Crippen LogP contribution in [0.4, 0.5) is 0 Å². The summed E-state index contributed by atoms with van der Waals surface area (Å²) < 4.78 is 7.25. The van der Waals surface area contributed by atoms with Crippen molar-refractivity contribution in [3.05, 3.63) is 0 Å². The smallest absolute Gasteiger partial charge is 0 e. The van der Waals surface area contributed by atoms with E-state index in [0.29, 0.717) is 0 Å². The first kappa shape index (κ1) is 22.7. The zero-order valence-corrected chi connectivity index (χ0v) is 8.80. The first-order valence-electron chi connectivity index (χ1n) is 1.34. The van der Waals surface area contributed by atoms with Crippen molar-refractivity contribution in [2.24, 2.45) is 0 Å². The van der Waals surface area contributed by atoms with E-state index < -0.39 is 11.9 Å². The third-order valence-corrected chi connectivity index (χ3v) is 0.676. The maximum atomic E-state index is 9.92. The van der Waals surface area contributed by atoms with E-state index in [1.165, 1.54) is 0 Å². The van der Waals surface area contributed by atoms with Gasteiger partial charge in [0.2, 0.25) is 0 Å². The number of rotatable bonds is 0. The van der Waals surface area contributed by atoms with Crippen LogP contribution in [0.3, 0.4) is 0 Å². The molecule has 0 aliphatic carbocycles. The van der Waals surface area contributed by atoms with E-state index in [4.69, 9.17) is 0 Å². The van der Waals surface area contributed by atoms with Crippen molar-refractivity contribution in [1.29, 1.82) is 0 Å². The molecule has 0 aromatic carbocycles. The van der Waals surface area contributed by atoms with Crippen LogP contribution < -0.4 is 0 Å². The van der Waals surface area contributed by atoms with Crippen LogP contribution in [-0.2, 0) is 83.6 Å². The maximum absolute atomic E-state index is 9.92. The Balaban J connectivity index is -0.0000000817. The molecule has 5 nitrogen and oxygen atoms in total. The summed E-state index contributed by atoms with van der Waals surface area (Å²) in [5, 5.41) is 0. The molecule has 0 unspecified atom stereocenters. The van der Waals surface area contributed by atoms with E-state index in [1.54, 1.807) is 0 Å². The van der Waals surface area contributed by atoms with Crippen molar-refractivity contribution in [3.63, 3.8) is 0 Å². The Morgan fingerprint density at radius 3 is 1.18 bits per heavy atom. The van der Waals surface area contributed by atoms with Crippen molar-refractivity contribution in [1.82, 2.24) is 0 Å². The van der Waals surface area contributed by atoms with Crippen LogP contribution in [0.5, 0.6) is 0 Å². The van der Waals surface area contributed by atoms with Crippen LogP contribution in [0, 0.1) is 0 Å². The summed E-state index contributed by atoms with van der Waals surface area (Å²) in [7, 11) is 0. The molecule has 0 saturated carbocycles. The van der Waals surface area contributed by atoms with Crippen molar-refractivity contribution in [2.45, 2.75) is 0 Å². The zero-order valence-electron chi connectivity index (χ0n) is 4.51. The standard InChI is InChI=1S/C2H2O4.2Co.2Fe.H2O/c3-1(4)2(5)6;;;;;/h(H,3,4)(H,5,6);;;;;1H2/q;2*+1;;;/p-2. The molecule has 0 aliphatic heterocycles. The minimum absolute atomic E-state index is 0. The van der Waals surface area contributed by atoms with Gasteiger partial charge in [-0.25, -0.2) is 0 Å². The summed E-state index contributed by atoms with van der Waals surface area (Å²) in [6.07, 6.45) is 0. The van der Waals surface area contributed by atoms with Gasteiger partial charge in [-0.15, -0.1) is 0 Å². The SMILES string of the molecule is O.O=C([O][Co])C(=O)[O][Co].[Fe].[Fe]. The maximum Gasteiger partial charge on any atom is 0 e. The van der Waals surface area contributed by atoms with E-state index in [2.05, 4.69) is 39.8 Å². The van der Waals surface area contributed by atoms with E-state index in [-0.39, 0.29) is 39.6 Å². The Morgan fingerprint density at radius 1 is 0.909 bits per heavy atom. The van der Waals surface area contributed by atoms with Gasteiger partial charge in [0.1, 0.15) is 0 Å². The summed E-state index contributed by atoms with van der Waals surface area (Å²) in [4.78, 5) is 19.8. The van der Waals surface area contributed by atoms with Gasteiger partial charge in [-0.2, -0.15) is 0 Å². The van der Waals surface area contributed by atoms with Crippen LogP contribution in [0.15, 0.2) is 0 Å². The fraction of sp³-hybridized carbons (Fsp3) is 0. The van der Waals surface area contributed by atoms with Crippen LogP contribution in [0.1, 0.15) is 0 Å². The van der Waals surface area contributed by atoms with Gasteiger partial charge in [0, 0.05) is 34.1 Å². The van der Waals surface area contributed by atoms with Gasteiger partial charge < -0.3 is 5.48 Å². The van der Waals surface area contributed by atoms with Crippen molar-refractivity contribution in [3.8, 4) is 0 Å². The van der Waals surface area contributed by atoms with Gasteiger partial charge in [0.25, 0.3) is 0 Å². The quantitative estimate of drug-likeness (QED) is 0.385. The Kier molecular flexibility index (Phi) is 27.9. The molecule has 11 heavy (non-hydrogen) atoms. The Morgan fingerprint density at radius 2 is 1.09 bits per heavy atom. The Labute approximate surface area is 100 Å². The second kappa shape index (κ2) is 13.5. The second-order valence-electron chi connectivity index (χ2n) is 0.711. The molecule has 2 N–H and O–H groups in total.